The maximum atomic E-state index is 13.5. The molecule has 5 rings (SSSR count). The summed E-state index contributed by atoms with van der Waals surface area (Å²) < 4.78 is 2.18. The van der Waals surface area contributed by atoms with Gasteiger partial charge in [-0.3, -0.25) is 19.4 Å². The predicted octanol–water partition coefficient (Wildman–Crippen LogP) is 2.66. The monoisotopic (exact) mass is 406 g/mol. The van der Waals surface area contributed by atoms with Crippen molar-refractivity contribution in [2.75, 3.05) is 25.5 Å². The SMILES string of the molecule is Cc1ccc(C)n1-c1ccc2c(c1)CC1(C(=O)N(C)C(=O)N(C)C1=O)C1CCCN21. The third kappa shape index (κ3) is 2.23. The van der Waals surface area contributed by atoms with Crippen molar-refractivity contribution in [1.29, 1.82) is 0 Å². The molecule has 30 heavy (non-hydrogen) atoms. The number of carbonyl (C=O) groups excluding carboxylic acids is 3. The van der Waals surface area contributed by atoms with Crippen LogP contribution in [0.3, 0.4) is 0 Å². The first kappa shape index (κ1) is 18.9. The van der Waals surface area contributed by atoms with Gasteiger partial charge in [-0.25, -0.2) is 4.79 Å². The van der Waals surface area contributed by atoms with Crippen LogP contribution in [0.15, 0.2) is 30.3 Å². The molecule has 156 valence electrons. The van der Waals surface area contributed by atoms with Crippen LogP contribution < -0.4 is 4.90 Å². The van der Waals surface area contributed by atoms with Crippen molar-refractivity contribution in [2.24, 2.45) is 5.41 Å². The highest BCUT2D eigenvalue weighted by atomic mass is 16.2. The fourth-order valence-electron chi connectivity index (χ4n) is 5.72. The van der Waals surface area contributed by atoms with E-state index in [1.54, 1.807) is 0 Å². The summed E-state index contributed by atoms with van der Waals surface area (Å²) in [5.74, 6) is -0.756. The highest BCUT2D eigenvalue weighted by Crippen LogP contribution is 2.49. The van der Waals surface area contributed by atoms with Crippen molar-refractivity contribution in [3.63, 3.8) is 0 Å². The first-order valence-electron chi connectivity index (χ1n) is 10.4. The standard InChI is InChI=1S/C23H26N4O3/c1-14-7-8-15(2)27(14)17-9-10-18-16(12-17)13-23(19-6-5-11-26(18)19)20(28)24(3)22(30)25(4)21(23)29/h7-10,12,19H,5-6,11,13H2,1-4H3. The van der Waals surface area contributed by atoms with Crippen LogP contribution in [0.2, 0.25) is 0 Å². The average Bonchev–Trinajstić information content (AvgIpc) is 3.36. The van der Waals surface area contributed by atoms with Crippen LogP contribution in [0.1, 0.15) is 29.8 Å². The van der Waals surface area contributed by atoms with Gasteiger partial charge < -0.3 is 9.47 Å². The summed E-state index contributed by atoms with van der Waals surface area (Å²) in [6, 6.07) is 9.71. The molecule has 1 unspecified atom stereocenters. The molecule has 7 nitrogen and oxygen atoms in total. The van der Waals surface area contributed by atoms with Crippen molar-refractivity contribution in [3.05, 3.63) is 47.3 Å². The number of rotatable bonds is 1. The number of barbiturate groups is 1. The van der Waals surface area contributed by atoms with E-state index in [2.05, 4.69) is 53.6 Å². The Morgan fingerprint density at radius 2 is 1.57 bits per heavy atom. The quantitative estimate of drug-likeness (QED) is 0.683. The number of carbonyl (C=O) groups is 3. The summed E-state index contributed by atoms with van der Waals surface area (Å²) >= 11 is 0. The smallest absolute Gasteiger partial charge is 0.332 e. The summed E-state index contributed by atoms with van der Waals surface area (Å²) in [5.41, 5.74) is 4.11. The van der Waals surface area contributed by atoms with Crippen LogP contribution in [-0.2, 0) is 16.0 Å². The van der Waals surface area contributed by atoms with Crippen LogP contribution in [0.5, 0.6) is 0 Å². The molecular formula is C23H26N4O3. The average molecular weight is 406 g/mol. The van der Waals surface area contributed by atoms with Gasteiger partial charge in [-0.05, 0) is 69.0 Å². The lowest BCUT2D eigenvalue weighted by Crippen LogP contribution is -2.70. The molecule has 1 spiro atoms. The number of fused-ring (bicyclic) bond motifs is 4. The summed E-state index contributed by atoms with van der Waals surface area (Å²) in [5, 5.41) is 0. The summed E-state index contributed by atoms with van der Waals surface area (Å²) in [4.78, 5) is 43.8. The number of amides is 4. The second kappa shape index (κ2) is 6.20. The largest absolute Gasteiger partial charge is 0.367 e. The van der Waals surface area contributed by atoms with Crippen molar-refractivity contribution < 1.29 is 14.4 Å². The number of hydrogen-bond donors (Lipinski definition) is 0. The van der Waals surface area contributed by atoms with E-state index in [4.69, 9.17) is 0 Å². The Bertz CT molecular complexity index is 1060. The number of hydrogen-bond acceptors (Lipinski definition) is 4. The van der Waals surface area contributed by atoms with E-state index in [1.165, 1.54) is 14.1 Å². The zero-order valence-electron chi connectivity index (χ0n) is 17.8. The molecule has 0 N–H and O–H groups in total. The summed E-state index contributed by atoms with van der Waals surface area (Å²) in [6.07, 6.45) is 2.01. The molecule has 2 fully saturated rings. The van der Waals surface area contributed by atoms with Crippen molar-refractivity contribution in [3.8, 4) is 5.69 Å². The molecule has 2 aromatic rings. The van der Waals surface area contributed by atoms with E-state index in [0.717, 1.165) is 57.5 Å². The number of anilines is 1. The topological polar surface area (TPSA) is 65.9 Å². The Hall–Kier alpha value is -3.09. The first-order chi connectivity index (χ1) is 14.3. The Morgan fingerprint density at radius 1 is 0.933 bits per heavy atom. The number of aromatic nitrogens is 1. The predicted molar refractivity (Wildman–Crippen MR) is 113 cm³/mol. The molecule has 1 aromatic heterocycles. The lowest BCUT2D eigenvalue weighted by Gasteiger charge is -2.50. The van der Waals surface area contributed by atoms with Crippen molar-refractivity contribution >= 4 is 23.5 Å². The third-order valence-electron chi connectivity index (χ3n) is 7.14. The maximum absolute atomic E-state index is 13.5. The molecule has 1 aromatic carbocycles. The van der Waals surface area contributed by atoms with Gasteiger partial charge in [0.05, 0.1) is 6.04 Å². The summed E-state index contributed by atoms with van der Waals surface area (Å²) in [6.45, 7) is 4.94. The number of imide groups is 2. The van der Waals surface area contributed by atoms with Gasteiger partial charge in [0.15, 0.2) is 5.41 Å². The van der Waals surface area contributed by atoms with Crippen molar-refractivity contribution in [1.82, 2.24) is 14.4 Å². The van der Waals surface area contributed by atoms with Gasteiger partial charge in [-0.2, -0.15) is 0 Å². The van der Waals surface area contributed by atoms with E-state index < -0.39 is 11.4 Å². The fourth-order valence-corrected chi connectivity index (χ4v) is 5.72. The molecule has 1 atom stereocenters. The van der Waals surface area contributed by atoms with E-state index in [1.807, 2.05) is 0 Å². The molecule has 2 saturated heterocycles. The summed E-state index contributed by atoms with van der Waals surface area (Å²) in [7, 11) is 2.96. The molecule has 0 aliphatic carbocycles. The fraction of sp³-hybridized carbons (Fsp3) is 0.435. The molecule has 3 aliphatic heterocycles. The van der Waals surface area contributed by atoms with Gasteiger partial charge >= 0.3 is 6.03 Å². The first-order valence-corrected chi connectivity index (χ1v) is 10.4. The molecule has 0 radical (unpaired) electrons. The van der Waals surface area contributed by atoms with Gasteiger partial charge in [-0.15, -0.1) is 0 Å². The second-order valence-corrected chi connectivity index (χ2v) is 8.77. The molecule has 7 heteroatoms. The Labute approximate surface area is 175 Å². The maximum Gasteiger partial charge on any atom is 0.332 e. The van der Waals surface area contributed by atoms with Crippen LogP contribution in [0, 0.1) is 19.3 Å². The van der Waals surface area contributed by atoms with Gasteiger partial charge in [-0.1, -0.05) is 0 Å². The number of nitrogens with zero attached hydrogens (tertiary/aromatic N) is 4. The van der Waals surface area contributed by atoms with E-state index in [-0.39, 0.29) is 17.9 Å². The van der Waals surface area contributed by atoms with E-state index in [0.29, 0.717) is 6.42 Å². The number of urea groups is 1. The van der Waals surface area contributed by atoms with E-state index in [9.17, 15) is 14.4 Å². The molecular weight excluding hydrogens is 380 g/mol. The molecule has 0 saturated carbocycles. The Kier molecular flexibility index (Phi) is 3.91. The molecule has 4 heterocycles. The van der Waals surface area contributed by atoms with E-state index >= 15 is 0 Å². The van der Waals surface area contributed by atoms with Gasteiger partial charge in [0, 0.05) is 43.4 Å². The Morgan fingerprint density at radius 3 is 2.20 bits per heavy atom. The number of aryl methyl sites for hydroxylation is 2. The van der Waals surface area contributed by atoms with Crippen LogP contribution >= 0.6 is 0 Å². The van der Waals surface area contributed by atoms with Gasteiger partial charge in [0.1, 0.15) is 0 Å². The highest BCUT2D eigenvalue weighted by molar-refractivity contribution is 6.20. The van der Waals surface area contributed by atoms with Gasteiger partial charge in [0.25, 0.3) is 0 Å². The highest BCUT2D eigenvalue weighted by Gasteiger charge is 2.63. The molecule has 4 amide bonds. The minimum atomic E-state index is -1.25. The molecule has 3 aliphatic rings. The van der Waals surface area contributed by atoms with Crippen molar-refractivity contribution in [2.45, 2.75) is 39.2 Å². The lowest BCUT2D eigenvalue weighted by molar-refractivity contribution is -0.159. The minimum Gasteiger partial charge on any atom is -0.367 e. The molecule has 0 bridgehead atoms. The zero-order valence-corrected chi connectivity index (χ0v) is 17.8. The zero-order chi connectivity index (χ0) is 21.4. The minimum absolute atomic E-state index is 0.219. The lowest BCUT2D eigenvalue weighted by atomic mass is 9.68. The van der Waals surface area contributed by atoms with Crippen LogP contribution in [-0.4, -0.2) is 58.9 Å². The third-order valence-corrected chi connectivity index (χ3v) is 7.14. The van der Waals surface area contributed by atoms with Crippen LogP contribution in [0.4, 0.5) is 10.5 Å². The Balaban J connectivity index is 1.69. The number of benzene rings is 1. The normalized spacial score (nSPS) is 22.7. The van der Waals surface area contributed by atoms with Crippen LogP contribution in [0.25, 0.3) is 5.69 Å². The second-order valence-electron chi connectivity index (χ2n) is 8.77. The van der Waals surface area contributed by atoms with Gasteiger partial charge in [0.2, 0.25) is 11.8 Å².